The first-order valence-electron chi connectivity index (χ1n) is 7.49. The minimum atomic E-state index is -2.86. The molecule has 0 atom stereocenters. The fourth-order valence-corrected chi connectivity index (χ4v) is 2.00. The molecule has 0 aliphatic carbocycles. The molecule has 0 radical (unpaired) electrons. The first kappa shape index (κ1) is 17.7. The largest absolute Gasteiger partial charge is 0.490 e. The van der Waals surface area contributed by atoms with Crippen molar-refractivity contribution in [3.63, 3.8) is 0 Å². The van der Waals surface area contributed by atoms with Gasteiger partial charge < -0.3 is 9.47 Å². The molecule has 2 aromatic rings. The monoisotopic (exact) mass is 334 g/mol. The van der Waals surface area contributed by atoms with E-state index < -0.39 is 12.4 Å². The molecule has 0 bridgehead atoms. The van der Waals surface area contributed by atoms with E-state index >= 15 is 0 Å². The van der Waals surface area contributed by atoms with Gasteiger partial charge in [0.05, 0.1) is 6.61 Å². The van der Waals surface area contributed by atoms with Crippen LogP contribution in [0.3, 0.4) is 0 Å². The molecular formula is C19H17F3O2. The second kappa shape index (κ2) is 8.30. The Morgan fingerprint density at radius 3 is 2.29 bits per heavy atom. The van der Waals surface area contributed by atoms with Crippen molar-refractivity contribution in [3.05, 3.63) is 58.9 Å². The Kier molecular flexibility index (Phi) is 6.14. The SMILES string of the molecule is CCCOc1cc(C#Cc2ccc(OC(F)F)c(C)c2)ccc1F. The number of aryl methyl sites for hydroxylation is 1. The summed E-state index contributed by atoms with van der Waals surface area (Å²) in [6.45, 7) is 1.17. The second-order valence-corrected chi connectivity index (χ2v) is 5.10. The highest BCUT2D eigenvalue weighted by Gasteiger charge is 2.07. The van der Waals surface area contributed by atoms with Crippen LogP contribution in [-0.4, -0.2) is 13.2 Å². The average Bonchev–Trinajstić information content (AvgIpc) is 2.55. The van der Waals surface area contributed by atoms with Gasteiger partial charge in [0.25, 0.3) is 0 Å². The Bertz CT molecular complexity index is 761. The number of benzene rings is 2. The molecule has 24 heavy (non-hydrogen) atoms. The lowest BCUT2D eigenvalue weighted by molar-refractivity contribution is -0.0502. The van der Waals surface area contributed by atoms with E-state index in [0.29, 0.717) is 23.3 Å². The summed E-state index contributed by atoms with van der Waals surface area (Å²) in [6, 6.07) is 9.10. The van der Waals surface area contributed by atoms with Crippen LogP contribution in [0.1, 0.15) is 30.0 Å². The van der Waals surface area contributed by atoms with Gasteiger partial charge >= 0.3 is 6.61 Å². The van der Waals surface area contributed by atoms with Crippen LogP contribution >= 0.6 is 0 Å². The van der Waals surface area contributed by atoms with E-state index in [0.717, 1.165) is 6.42 Å². The minimum Gasteiger partial charge on any atom is -0.490 e. The number of ether oxygens (including phenoxy) is 2. The molecule has 2 nitrogen and oxygen atoms in total. The van der Waals surface area contributed by atoms with Gasteiger partial charge in [-0.2, -0.15) is 8.78 Å². The fourth-order valence-electron chi connectivity index (χ4n) is 2.00. The van der Waals surface area contributed by atoms with Crippen molar-refractivity contribution >= 4 is 0 Å². The maximum atomic E-state index is 13.6. The second-order valence-electron chi connectivity index (χ2n) is 5.10. The standard InChI is InChI=1S/C19H17F3O2/c1-3-10-23-18-12-15(6-8-16(18)20)5-4-14-7-9-17(13(2)11-14)24-19(21)22/h6-9,11-12,19H,3,10H2,1-2H3. The third kappa shape index (κ3) is 4.95. The molecule has 126 valence electrons. The number of hydrogen-bond acceptors (Lipinski definition) is 2. The summed E-state index contributed by atoms with van der Waals surface area (Å²) < 4.78 is 47.8. The van der Waals surface area contributed by atoms with E-state index in [-0.39, 0.29) is 11.5 Å². The fraction of sp³-hybridized carbons (Fsp3) is 0.263. The molecule has 0 heterocycles. The lowest BCUT2D eigenvalue weighted by atomic mass is 10.1. The summed E-state index contributed by atoms with van der Waals surface area (Å²) in [4.78, 5) is 0. The molecule has 2 aromatic carbocycles. The lowest BCUT2D eigenvalue weighted by Crippen LogP contribution is -2.03. The van der Waals surface area contributed by atoms with E-state index in [1.165, 1.54) is 12.1 Å². The molecule has 0 saturated carbocycles. The molecule has 2 rings (SSSR count). The van der Waals surface area contributed by atoms with Gasteiger partial charge in [0.2, 0.25) is 0 Å². The Balaban J connectivity index is 2.19. The van der Waals surface area contributed by atoms with Gasteiger partial charge in [0, 0.05) is 11.1 Å². The highest BCUT2D eigenvalue weighted by atomic mass is 19.3. The maximum Gasteiger partial charge on any atom is 0.387 e. The first-order chi connectivity index (χ1) is 11.5. The number of hydrogen-bond donors (Lipinski definition) is 0. The maximum absolute atomic E-state index is 13.6. The van der Waals surface area contributed by atoms with Crippen molar-refractivity contribution in [3.8, 4) is 23.3 Å². The van der Waals surface area contributed by atoms with Crippen LogP contribution in [0.2, 0.25) is 0 Å². The van der Waals surface area contributed by atoms with E-state index in [2.05, 4.69) is 16.6 Å². The topological polar surface area (TPSA) is 18.5 Å². The zero-order valence-electron chi connectivity index (χ0n) is 13.4. The van der Waals surface area contributed by atoms with Crippen molar-refractivity contribution in [2.24, 2.45) is 0 Å². The third-order valence-corrected chi connectivity index (χ3v) is 3.14. The van der Waals surface area contributed by atoms with Crippen LogP contribution in [-0.2, 0) is 0 Å². The van der Waals surface area contributed by atoms with Gasteiger partial charge in [-0.3, -0.25) is 0 Å². The van der Waals surface area contributed by atoms with Crippen molar-refractivity contribution in [1.82, 2.24) is 0 Å². The normalized spacial score (nSPS) is 10.2. The van der Waals surface area contributed by atoms with Gasteiger partial charge in [0.1, 0.15) is 5.75 Å². The van der Waals surface area contributed by atoms with Crippen molar-refractivity contribution < 1.29 is 22.6 Å². The average molecular weight is 334 g/mol. The van der Waals surface area contributed by atoms with Gasteiger partial charge in [-0.15, -0.1) is 0 Å². The van der Waals surface area contributed by atoms with Crippen LogP contribution in [0.15, 0.2) is 36.4 Å². The summed E-state index contributed by atoms with van der Waals surface area (Å²) in [5.41, 5.74) is 1.82. The number of halogens is 3. The third-order valence-electron chi connectivity index (χ3n) is 3.14. The molecule has 0 spiro atoms. The van der Waals surface area contributed by atoms with Crippen LogP contribution in [0.5, 0.6) is 11.5 Å². The molecule has 0 amide bonds. The van der Waals surface area contributed by atoms with Gasteiger partial charge in [0.15, 0.2) is 11.6 Å². The van der Waals surface area contributed by atoms with E-state index in [1.807, 2.05) is 6.92 Å². The van der Waals surface area contributed by atoms with Gasteiger partial charge in [-0.1, -0.05) is 18.8 Å². The van der Waals surface area contributed by atoms with Crippen LogP contribution < -0.4 is 9.47 Å². The molecule has 5 heteroatoms. The van der Waals surface area contributed by atoms with Crippen LogP contribution in [0.25, 0.3) is 0 Å². The molecule has 0 unspecified atom stereocenters. The molecule has 0 aliphatic heterocycles. The van der Waals surface area contributed by atoms with Gasteiger partial charge in [-0.25, -0.2) is 4.39 Å². The smallest absolute Gasteiger partial charge is 0.387 e. The minimum absolute atomic E-state index is 0.118. The highest BCUT2D eigenvalue weighted by molar-refractivity contribution is 5.48. The Labute approximate surface area is 139 Å². The highest BCUT2D eigenvalue weighted by Crippen LogP contribution is 2.21. The van der Waals surface area contributed by atoms with E-state index in [1.54, 1.807) is 31.2 Å². The van der Waals surface area contributed by atoms with E-state index in [4.69, 9.17) is 4.74 Å². The van der Waals surface area contributed by atoms with Crippen molar-refractivity contribution in [1.29, 1.82) is 0 Å². The van der Waals surface area contributed by atoms with Crippen molar-refractivity contribution in [2.45, 2.75) is 26.9 Å². The molecule has 0 aliphatic rings. The first-order valence-corrected chi connectivity index (χ1v) is 7.49. The summed E-state index contributed by atoms with van der Waals surface area (Å²) >= 11 is 0. The zero-order valence-corrected chi connectivity index (χ0v) is 13.4. The van der Waals surface area contributed by atoms with Gasteiger partial charge in [-0.05, 0) is 55.3 Å². The summed E-state index contributed by atoms with van der Waals surface area (Å²) in [6.07, 6.45) is 0.779. The Hall–Kier alpha value is -2.61. The predicted octanol–water partition coefficient (Wildman–Crippen LogP) is 4.92. The predicted molar refractivity (Wildman–Crippen MR) is 86.0 cm³/mol. The summed E-state index contributed by atoms with van der Waals surface area (Å²) in [5, 5.41) is 0. The zero-order chi connectivity index (χ0) is 17.5. The number of alkyl halides is 2. The quantitative estimate of drug-likeness (QED) is 0.722. The van der Waals surface area contributed by atoms with Crippen LogP contribution in [0.4, 0.5) is 13.2 Å². The molecule has 0 N–H and O–H groups in total. The molecule has 0 aromatic heterocycles. The number of rotatable bonds is 5. The van der Waals surface area contributed by atoms with Crippen LogP contribution in [0, 0.1) is 24.6 Å². The molecule has 0 saturated heterocycles. The van der Waals surface area contributed by atoms with Crippen molar-refractivity contribution in [2.75, 3.05) is 6.61 Å². The van der Waals surface area contributed by atoms with E-state index in [9.17, 15) is 13.2 Å². The molecule has 0 fully saturated rings. The molecular weight excluding hydrogens is 317 g/mol. The summed E-state index contributed by atoms with van der Waals surface area (Å²) in [7, 11) is 0. The lowest BCUT2D eigenvalue weighted by Gasteiger charge is -2.07. The Morgan fingerprint density at radius 1 is 1.00 bits per heavy atom. The Morgan fingerprint density at radius 2 is 1.67 bits per heavy atom. The summed E-state index contributed by atoms with van der Waals surface area (Å²) in [5.74, 6) is 5.67.